The van der Waals surface area contributed by atoms with Gasteiger partial charge in [-0.1, -0.05) is 20.8 Å². The van der Waals surface area contributed by atoms with Gasteiger partial charge in [-0.05, 0) is 76.4 Å². The number of aromatic nitrogens is 3. The molecular formula is C39H51N3O9. The van der Waals surface area contributed by atoms with Crippen molar-refractivity contribution in [3.8, 4) is 68.7 Å². The number of hydrogen-bond donors (Lipinski definition) is 3. The van der Waals surface area contributed by atoms with E-state index in [0.717, 1.165) is 19.3 Å². The summed E-state index contributed by atoms with van der Waals surface area (Å²) in [5, 5.41) is 34.1. The van der Waals surface area contributed by atoms with E-state index in [0.29, 0.717) is 110 Å². The first kappa shape index (κ1) is 39.1. The highest BCUT2D eigenvalue weighted by Gasteiger charge is 2.22. The number of rotatable bonds is 21. The van der Waals surface area contributed by atoms with Crippen LogP contribution >= 0.6 is 0 Å². The second kappa shape index (κ2) is 19.7. The molecule has 0 spiro atoms. The van der Waals surface area contributed by atoms with E-state index in [2.05, 4.69) is 0 Å². The zero-order valence-corrected chi connectivity index (χ0v) is 30.6. The van der Waals surface area contributed by atoms with Gasteiger partial charge in [0.05, 0.1) is 36.5 Å². The molecule has 4 rings (SSSR count). The average molecular weight is 706 g/mol. The number of phenols is 3. The van der Waals surface area contributed by atoms with Crippen LogP contribution in [-0.2, 0) is 14.2 Å². The summed E-state index contributed by atoms with van der Waals surface area (Å²) in [5.74, 6) is 1.66. The second-order valence-electron chi connectivity index (χ2n) is 11.9. The Morgan fingerprint density at radius 1 is 0.412 bits per heavy atom. The maximum Gasteiger partial charge on any atom is 0.167 e. The van der Waals surface area contributed by atoms with Gasteiger partial charge in [0.15, 0.2) is 17.5 Å². The summed E-state index contributed by atoms with van der Waals surface area (Å²) in [6.07, 6.45) is 2.74. The fraction of sp³-hybridized carbons (Fsp3) is 0.462. The van der Waals surface area contributed by atoms with Crippen molar-refractivity contribution in [3.63, 3.8) is 0 Å². The van der Waals surface area contributed by atoms with Gasteiger partial charge in [0.2, 0.25) is 0 Å². The van der Waals surface area contributed by atoms with Crippen LogP contribution in [0.15, 0.2) is 36.4 Å². The monoisotopic (exact) mass is 705 g/mol. The van der Waals surface area contributed by atoms with E-state index >= 15 is 0 Å². The van der Waals surface area contributed by atoms with Crippen LogP contribution in [0.25, 0.3) is 34.2 Å². The lowest BCUT2D eigenvalue weighted by atomic mass is 10.1. The summed E-state index contributed by atoms with van der Waals surface area (Å²) in [6.45, 7) is 15.5. The van der Waals surface area contributed by atoms with Crippen LogP contribution in [0.3, 0.4) is 0 Å². The van der Waals surface area contributed by atoms with E-state index in [1.54, 1.807) is 57.2 Å². The number of benzene rings is 3. The molecule has 3 aromatic carbocycles. The highest BCUT2D eigenvalue weighted by molar-refractivity contribution is 5.77. The van der Waals surface area contributed by atoms with Gasteiger partial charge < -0.3 is 43.7 Å². The van der Waals surface area contributed by atoms with Crippen LogP contribution in [0.2, 0.25) is 0 Å². The second-order valence-corrected chi connectivity index (χ2v) is 11.9. The van der Waals surface area contributed by atoms with Gasteiger partial charge in [-0.15, -0.1) is 0 Å². The largest absolute Gasteiger partial charge is 0.507 e. The third-order valence-electron chi connectivity index (χ3n) is 8.00. The first-order valence-corrected chi connectivity index (χ1v) is 17.6. The normalized spacial score (nSPS) is 11.2. The Morgan fingerprint density at radius 2 is 0.686 bits per heavy atom. The zero-order chi connectivity index (χ0) is 36.8. The Balaban J connectivity index is 1.74. The van der Waals surface area contributed by atoms with Crippen LogP contribution in [0, 0.1) is 20.8 Å². The van der Waals surface area contributed by atoms with Crippen molar-refractivity contribution in [3.05, 3.63) is 53.1 Å². The van der Waals surface area contributed by atoms with Crippen LogP contribution in [-0.4, -0.2) is 89.7 Å². The molecule has 0 aliphatic carbocycles. The van der Waals surface area contributed by atoms with Crippen molar-refractivity contribution >= 4 is 0 Å². The standard InChI is InChI=1S/C39H51N3O9/c1-7-16-46-19-22-49-31-13-10-28(34(43)25(31)4)37-40-38(29-11-14-32(26(5)35(29)44)50-23-20-47-17-8-2)42-39(41-37)30-12-15-33(27(6)36(30)45)51-24-21-48-18-9-3/h10-15,43-45H,7-9,16-24H2,1-6H3. The minimum atomic E-state index is -0.0750. The molecule has 0 aliphatic rings. The van der Waals surface area contributed by atoms with Gasteiger partial charge in [-0.25, -0.2) is 15.0 Å². The van der Waals surface area contributed by atoms with E-state index in [4.69, 9.17) is 43.4 Å². The summed E-state index contributed by atoms with van der Waals surface area (Å²) >= 11 is 0. The number of nitrogens with zero attached hydrogens (tertiary/aromatic N) is 3. The summed E-state index contributed by atoms with van der Waals surface area (Å²) in [6, 6.07) is 10.2. The van der Waals surface area contributed by atoms with Gasteiger partial charge >= 0.3 is 0 Å². The highest BCUT2D eigenvalue weighted by Crippen LogP contribution is 2.41. The van der Waals surface area contributed by atoms with Crippen molar-refractivity contribution in [1.82, 2.24) is 15.0 Å². The Bertz CT molecular complexity index is 1520. The van der Waals surface area contributed by atoms with Gasteiger partial charge in [-0.2, -0.15) is 0 Å². The van der Waals surface area contributed by atoms with Crippen molar-refractivity contribution in [2.45, 2.75) is 60.8 Å². The molecule has 0 fully saturated rings. The molecule has 0 saturated heterocycles. The Kier molecular flexibility index (Phi) is 15.1. The van der Waals surface area contributed by atoms with E-state index in [9.17, 15) is 15.3 Å². The summed E-state index contributed by atoms with van der Waals surface area (Å²) in [5.41, 5.74) is 2.45. The predicted molar refractivity (Wildman–Crippen MR) is 195 cm³/mol. The van der Waals surface area contributed by atoms with Crippen molar-refractivity contribution in [1.29, 1.82) is 0 Å². The van der Waals surface area contributed by atoms with Gasteiger partial charge in [-0.3, -0.25) is 0 Å². The Morgan fingerprint density at radius 3 is 0.941 bits per heavy atom. The van der Waals surface area contributed by atoms with Crippen molar-refractivity contribution in [2.75, 3.05) is 59.5 Å². The molecule has 1 aromatic heterocycles. The van der Waals surface area contributed by atoms with Crippen molar-refractivity contribution < 1.29 is 43.7 Å². The van der Waals surface area contributed by atoms with E-state index in [1.165, 1.54) is 0 Å². The zero-order valence-electron chi connectivity index (χ0n) is 30.6. The molecule has 12 nitrogen and oxygen atoms in total. The fourth-order valence-electron chi connectivity index (χ4n) is 5.16. The van der Waals surface area contributed by atoms with Crippen molar-refractivity contribution in [2.24, 2.45) is 0 Å². The number of aromatic hydroxyl groups is 3. The smallest absolute Gasteiger partial charge is 0.167 e. The lowest BCUT2D eigenvalue weighted by molar-refractivity contribution is 0.100. The molecule has 4 aromatic rings. The topological polar surface area (TPSA) is 155 Å². The third-order valence-corrected chi connectivity index (χ3v) is 8.00. The summed E-state index contributed by atoms with van der Waals surface area (Å²) in [4.78, 5) is 14.1. The maximum absolute atomic E-state index is 11.4. The van der Waals surface area contributed by atoms with E-state index < -0.39 is 0 Å². The predicted octanol–water partition coefficient (Wildman–Crippen LogP) is 7.33. The van der Waals surface area contributed by atoms with Crippen LogP contribution in [0.4, 0.5) is 0 Å². The van der Waals surface area contributed by atoms with Gasteiger partial charge in [0.1, 0.15) is 54.3 Å². The number of ether oxygens (including phenoxy) is 6. The highest BCUT2D eigenvalue weighted by atomic mass is 16.5. The van der Waals surface area contributed by atoms with Gasteiger partial charge in [0, 0.05) is 36.5 Å². The van der Waals surface area contributed by atoms with E-state index in [1.807, 2.05) is 20.8 Å². The molecule has 51 heavy (non-hydrogen) atoms. The summed E-state index contributed by atoms with van der Waals surface area (Å²) < 4.78 is 34.2. The molecule has 0 aliphatic heterocycles. The SMILES string of the molecule is CCCOCCOc1ccc(-c2nc(-c3ccc(OCCOCCC)c(C)c3O)nc(-c3ccc(OCCOCCC)c(C)c3O)n2)c(O)c1C. The first-order valence-electron chi connectivity index (χ1n) is 17.6. The number of hydrogen-bond acceptors (Lipinski definition) is 12. The van der Waals surface area contributed by atoms with Gasteiger partial charge in [0.25, 0.3) is 0 Å². The molecule has 0 unspecified atom stereocenters. The molecule has 0 bridgehead atoms. The lowest BCUT2D eigenvalue weighted by Crippen LogP contribution is -2.08. The number of phenolic OH excluding ortho intramolecular Hbond substituents is 3. The molecule has 0 amide bonds. The molecule has 276 valence electrons. The minimum Gasteiger partial charge on any atom is -0.507 e. The quantitative estimate of drug-likeness (QED) is 0.0744. The Hall–Kier alpha value is -4.65. The molecule has 0 radical (unpaired) electrons. The van der Waals surface area contributed by atoms with Crippen LogP contribution in [0.5, 0.6) is 34.5 Å². The molecule has 3 N–H and O–H groups in total. The average Bonchev–Trinajstić information content (AvgIpc) is 3.13. The molecular weight excluding hydrogens is 654 g/mol. The lowest BCUT2D eigenvalue weighted by Gasteiger charge is -2.16. The molecule has 1 heterocycles. The van der Waals surface area contributed by atoms with Crippen LogP contribution < -0.4 is 14.2 Å². The van der Waals surface area contributed by atoms with Crippen LogP contribution in [0.1, 0.15) is 56.7 Å². The Labute approximate surface area is 300 Å². The molecule has 0 saturated carbocycles. The fourth-order valence-corrected chi connectivity index (χ4v) is 5.16. The minimum absolute atomic E-state index is 0.0750. The molecule has 12 heteroatoms. The summed E-state index contributed by atoms with van der Waals surface area (Å²) in [7, 11) is 0. The van der Waals surface area contributed by atoms with E-state index in [-0.39, 0.29) is 34.7 Å². The third kappa shape index (κ3) is 10.2. The maximum atomic E-state index is 11.4. The first-order chi connectivity index (χ1) is 24.7. The molecule has 0 atom stereocenters.